The van der Waals surface area contributed by atoms with Crippen LogP contribution in [0.5, 0.6) is 0 Å². The van der Waals surface area contributed by atoms with E-state index in [2.05, 4.69) is 16.1 Å². The molecule has 0 bridgehead atoms. The summed E-state index contributed by atoms with van der Waals surface area (Å²) in [7, 11) is 2.05. The van der Waals surface area contributed by atoms with E-state index in [0.29, 0.717) is 6.54 Å². The Bertz CT molecular complexity index is 454. The molecule has 0 aliphatic heterocycles. The van der Waals surface area contributed by atoms with Gasteiger partial charge in [-0.05, 0) is 13.3 Å². The molecule has 1 aromatic rings. The van der Waals surface area contributed by atoms with Gasteiger partial charge in [0.1, 0.15) is 18.9 Å². The number of hydrogen-bond acceptors (Lipinski definition) is 1. The summed E-state index contributed by atoms with van der Waals surface area (Å²) in [6.45, 7) is 4.58. The lowest BCUT2D eigenvalue weighted by Crippen LogP contribution is -2.33. The molecule has 1 heterocycles. The molecule has 0 radical (unpaired) electrons. The van der Waals surface area contributed by atoms with Crippen molar-refractivity contribution in [3.05, 3.63) is 18.2 Å². The third-order valence-electron chi connectivity index (χ3n) is 4.60. The van der Waals surface area contributed by atoms with Crippen molar-refractivity contribution in [2.75, 3.05) is 0 Å². The first-order valence-electron chi connectivity index (χ1n) is 9.32. The van der Waals surface area contributed by atoms with E-state index >= 15 is 0 Å². The van der Waals surface area contributed by atoms with Gasteiger partial charge in [0.25, 0.3) is 5.82 Å². The van der Waals surface area contributed by atoms with Crippen LogP contribution < -0.4 is 4.57 Å². The Kier molecular flexibility index (Phi) is 9.65. The topological polar surface area (TPSA) is 46.1 Å². The van der Waals surface area contributed by atoms with E-state index in [9.17, 15) is 4.79 Å². The Morgan fingerprint density at radius 2 is 1.70 bits per heavy atom. The van der Waals surface area contributed by atoms with Crippen molar-refractivity contribution in [1.82, 2.24) is 4.57 Å². The van der Waals surface area contributed by atoms with Gasteiger partial charge in [-0.1, -0.05) is 58.3 Å². The summed E-state index contributed by atoms with van der Waals surface area (Å²) >= 11 is 0. The number of carboxylic acids is 1. The second-order valence-corrected chi connectivity index (χ2v) is 6.80. The monoisotopic (exact) mass is 323 g/mol. The molecule has 4 nitrogen and oxygen atoms in total. The number of carboxylic acid groups (broad SMARTS) is 1. The van der Waals surface area contributed by atoms with Crippen LogP contribution in [0.3, 0.4) is 0 Å². The highest BCUT2D eigenvalue weighted by atomic mass is 16.4. The summed E-state index contributed by atoms with van der Waals surface area (Å²) in [5.41, 5.74) is 0. The van der Waals surface area contributed by atoms with Crippen LogP contribution in [0.1, 0.15) is 77.5 Å². The molecule has 0 aliphatic rings. The summed E-state index contributed by atoms with van der Waals surface area (Å²) in [6, 6.07) is 0. The Hall–Kier alpha value is -1.32. The van der Waals surface area contributed by atoms with E-state index in [4.69, 9.17) is 5.11 Å². The van der Waals surface area contributed by atoms with Crippen LogP contribution in [-0.4, -0.2) is 15.6 Å². The van der Waals surface area contributed by atoms with Crippen molar-refractivity contribution < 1.29 is 14.5 Å². The zero-order valence-electron chi connectivity index (χ0n) is 15.3. The third kappa shape index (κ3) is 7.67. The van der Waals surface area contributed by atoms with E-state index in [1.807, 2.05) is 19.4 Å². The number of carbonyl (C=O) groups is 1. The molecule has 1 N–H and O–H groups in total. The van der Waals surface area contributed by atoms with Gasteiger partial charge in [-0.15, -0.1) is 0 Å². The minimum Gasteiger partial charge on any atom is -0.481 e. The summed E-state index contributed by atoms with van der Waals surface area (Å²) in [5, 5.41) is 9.07. The molecular formula is C19H35N2O2+. The summed E-state index contributed by atoms with van der Waals surface area (Å²) in [6.07, 6.45) is 17.0. The second-order valence-electron chi connectivity index (χ2n) is 6.80. The molecule has 1 unspecified atom stereocenters. The highest BCUT2D eigenvalue weighted by Crippen LogP contribution is 2.12. The molecule has 1 aromatic heterocycles. The maximum absolute atomic E-state index is 11.0. The SMILES string of the molecule is CCCCCCCCCCCc1n(CC(C)C(=O)O)cc[n+]1C. The number of imidazole rings is 1. The van der Waals surface area contributed by atoms with Crippen LogP contribution in [0, 0.1) is 5.92 Å². The van der Waals surface area contributed by atoms with E-state index in [1.54, 1.807) is 6.92 Å². The third-order valence-corrected chi connectivity index (χ3v) is 4.60. The number of aliphatic carboxylic acids is 1. The van der Waals surface area contributed by atoms with Crippen molar-refractivity contribution in [3.63, 3.8) is 0 Å². The molecule has 0 aromatic carbocycles. The normalized spacial score (nSPS) is 12.5. The second kappa shape index (κ2) is 11.3. The van der Waals surface area contributed by atoms with Gasteiger partial charge < -0.3 is 5.11 Å². The Balaban J connectivity index is 2.24. The van der Waals surface area contributed by atoms with Crippen LogP contribution >= 0.6 is 0 Å². The number of hydrogen-bond donors (Lipinski definition) is 1. The van der Waals surface area contributed by atoms with Gasteiger partial charge >= 0.3 is 5.97 Å². The molecule has 0 saturated heterocycles. The summed E-state index contributed by atoms with van der Waals surface area (Å²) in [4.78, 5) is 11.0. The first kappa shape index (κ1) is 19.7. The molecule has 1 rings (SSSR count). The fourth-order valence-electron chi connectivity index (χ4n) is 3.01. The van der Waals surface area contributed by atoms with Crippen LogP contribution in [-0.2, 0) is 24.8 Å². The van der Waals surface area contributed by atoms with E-state index < -0.39 is 5.97 Å². The van der Waals surface area contributed by atoms with Gasteiger partial charge in [0.15, 0.2) is 0 Å². The maximum atomic E-state index is 11.0. The Labute approximate surface area is 141 Å². The summed E-state index contributed by atoms with van der Waals surface area (Å²) < 4.78 is 4.23. The van der Waals surface area contributed by atoms with E-state index in [-0.39, 0.29) is 5.92 Å². The van der Waals surface area contributed by atoms with Gasteiger partial charge in [0, 0.05) is 6.42 Å². The van der Waals surface area contributed by atoms with Crippen molar-refractivity contribution in [1.29, 1.82) is 0 Å². The highest BCUT2D eigenvalue weighted by molar-refractivity contribution is 5.69. The van der Waals surface area contributed by atoms with Gasteiger partial charge in [0.05, 0.1) is 13.0 Å². The molecule has 4 heteroatoms. The van der Waals surface area contributed by atoms with E-state index in [0.717, 1.165) is 6.42 Å². The van der Waals surface area contributed by atoms with Crippen molar-refractivity contribution in [2.45, 2.75) is 84.6 Å². The number of aryl methyl sites for hydroxylation is 1. The Morgan fingerprint density at radius 1 is 1.13 bits per heavy atom. The zero-order chi connectivity index (χ0) is 17.1. The standard InChI is InChI=1S/C19H34N2O2/c1-4-5-6-7-8-9-10-11-12-13-18-20(3)14-15-21(18)16-17(2)19(22)23/h14-15,17H,4-13,16H2,1-3H3/p+1. The van der Waals surface area contributed by atoms with Crippen molar-refractivity contribution >= 4 is 5.97 Å². The van der Waals surface area contributed by atoms with Crippen LogP contribution in [0.15, 0.2) is 12.4 Å². The minimum absolute atomic E-state index is 0.343. The molecule has 0 spiro atoms. The van der Waals surface area contributed by atoms with Gasteiger partial charge in [0.2, 0.25) is 0 Å². The molecule has 1 atom stereocenters. The molecule has 132 valence electrons. The first-order valence-corrected chi connectivity index (χ1v) is 9.32. The van der Waals surface area contributed by atoms with E-state index in [1.165, 1.54) is 63.6 Å². The maximum Gasteiger partial charge on any atom is 0.310 e. The molecule has 23 heavy (non-hydrogen) atoms. The molecule has 0 amide bonds. The lowest BCUT2D eigenvalue weighted by molar-refractivity contribution is -0.678. The van der Waals surface area contributed by atoms with Gasteiger partial charge in [-0.3, -0.25) is 4.79 Å². The van der Waals surface area contributed by atoms with Gasteiger partial charge in [-0.2, -0.15) is 0 Å². The average molecular weight is 324 g/mol. The fraction of sp³-hybridized carbons (Fsp3) is 0.789. The highest BCUT2D eigenvalue weighted by Gasteiger charge is 2.20. The first-order chi connectivity index (χ1) is 11.1. The summed E-state index contributed by atoms with van der Waals surface area (Å²) in [5.74, 6) is 0.167. The lowest BCUT2D eigenvalue weighted by Gasteiger charge is -2.06. The largest absolute Gasteiger partial charge is 0.481 e. The van der Waals surface area contributed by atoms with Crippen LogP contribution in [0.2, 0.25) is 0 Å². The predicted octanol–water partition coefficient (Wildman–Crippen LogP) is 4.11. The number of nitrogens with zero attached hydrogens (tertiary/aromatic N) is 2. The molecule has 0 fully saturated rings. The van der Waals surface area contributed by atoms with Crippen molar-refractivity contribution in [2.24, 2.45) is 13.0 Å². The lowest BCUT2D eigenvalue weighted by atomic mass is 10.1. The molecule has 0 aliphatic carbocycles. The number of unbranched alkanes of at least 4 members (excludes halogenated alkanes) is 8. The zero-order valence-corrected chi connectivity index (χ0v) is 15.3. The van der Waals surface area contributed by atoms with Crippen LogP contribution in [0.25, 0.3) is 0 Å². The smallest absolute Gasteiger partial charge is 0.310 e. The predicted molar refractivity (Wildman–Crippen MR) is 93.3 cm³/mol. The number of rotatable bonds is 13. The molecular weight excluding hydrogens is 288 g/mol. The number of aromatic nitrogens is 2. The fourth-order valence-corrected chi connectivity index (χ4v) is 3.01. The Morgan fingerprint density at radius 3 is 2.26 bits per heavy atom. The quantitative estimate of drug-likeness (QED) is 0.439. The molecule has 0 saturated carbocycles. The van der Waals surface area contributed by atoms with Crippen molar-refractivity contribution in [3.8, 4) is 0 Å². The minimum atomic E-state index is -0.727. The van der Waals surface area contributed by atoms with Gasteiger partial charge in [-0.25, -0.2) is 9.13 Å². The van der Waals surface area contributed by atoms with Crippen LogP contribution in [0.4, 0.5) is 0 Å². The average Bonchev–Trinajstić information content (AvgIpc) is 2.86.